The number of fused-ring (bicyclic) bond motifs is 1. The number of aliphatic hydroxyl groups is 1. The number of hydrogen-bond donors (Lipinski definition) is 1. The fourth-order valence-corrected chi connectivity index (χ4v) is 4.47. The van der Waals surface area contributed by atoms with Gasteiger partial charge in [0.15, 0.2) is 0 Å². The zero-order valence-electron chi connectivity index (χ0n) is 13.9. The van der Waals surface area contributed by atoms with Gasteiger partial charge in [0, 0.05) is 37.3 Å². The number of piperidine rings is 1. The van der Waals surface area contributed by atoms with Gasteiger partial charge in [0.05, 0.1) is 22.5 Å². The molecule has 2 fully saturated rings. The molecule has 128 valence electrons. The molecule has 4 rings (SSSR count). The van der Waals surface area contributed by atoms with Crippen molar-refractivity contribution < 1.29 is 5.11 Å². The Morgan fingerprint density at radius 2 is 2.12 bits per heavy atom. The second-order valence-electron chi connectivity index (χ2n) is 7.28. The monoisotopic (exact) mass is 345 g/mol. The third-order valence-electron chi connectivity index (χ3n) is 5.65. The van der Waals surface area contributed by atoms with Crippen LogP contribution in [-0.4, -0.2) is 38.5 Å². The van der Waals surface area contributed by atoms with Gasteiger partial charge in [-0.15, -0.1) is 0 Å². The Labute approximate surface area is 148 Å². The van der Waals surface area contributed by atoms with Gasteiger partial charge in [0.1, 0.15) is 0 Å². The van der Waals surface area contributed by atoms with Crippen LogP contribution in [0.15, 0.2) is 36.7 Å². The van der Waals surface area contributed by atoms with Gasteiger partial charge in [-0.1, -0.05) is 36.6 Å². The van der Waals surface area contributed by atoms with Gasteiger partial charge in [-0.05, 0) is 31.4 Å². The number of hydrogen-bond acceptors (Lipinski definition) is 3. The van der Waals surface area contributed by atoms with Gasteiger partial charge in [-0.25, -0.2) is 4.68 Å². The first-order valence-electron chi connectivity index (χ1n) is 8.87. The summed E-state index contributed by atoms with van der Waals surface area (Å²) in [6.07, 6.45) is 9.45. The Hall–Kier alpha value is -1.36. The van der Waals surface area contributed by atoms with Crippen LogP contribution >= 0.6 is 11.6 Å². The fourth-order valence-electron chi connectivity index (χ4n) is 4.25. The number of rotatable bonds is 3. The van der Waals surface area contributed by atoms with Crippen LogP contribution < -0.4 is 0 Å². The highest BCUT2D eigenvalue weighted by Gasteiger charge is 2.42. The van der Waals surface area contributed by atoms with Crippen LogP contribution in [0, 0.1) is 5.92 Å². The molecule has 1 aliphatic carbocycles. The van der Waals surface area contributed by atoms with E-state index < -0.39 is 5.60 Å². The van der Waals surface area contributed by atoms with Crippen molar-refractivity contribution in [1.82, 2.24) is 14.7 Å². The largest absolute Gasteiger partial charge is 0.390 e. The van der Waals surface area contributed by atoms with Crippen LogP contribution in [0.5, 0.6) is 0 Å². The molecule has 2 atom stereocenters. The van der Waals surface area contributed by atoms with Crippen molar-refractivity contribution in [2.75, 3.05) is 13.1 Å². The van der Waals surface area contributed by atoms with E-state index in [0.717, 1.165) is 44.6 Å². The molecule has 1 saturated heterocycles. The summed E-state index contributed by atoms with van der Waals surface area (Å²) in [6, 6.07) is 7.75. The third kappa shape index (κ3) is 3.10. The molecule has 4 nitrogen and oxygen atoms in total. The maximum Gasteiger partial charge on any atom is 0.0831 e. The number of nitrogens with zero attached hydrogens (tertiary/aromatic N) is 3. The van der Waals surface area contributed by atoms with Crippen molar-refractivity contribution in [1.29, 1.82) is 0 Å². The molecule has 2 aliphatic rings. The average molecular weight is 346 g/mol. The van der Waals surface area contributed by atoms with Crippen molar-refractivity contribution in [3.05, 3.63) is 47.2 Å². The topological polar surface area (TPSA) is 41.3 Å². The first-order valence-corrected chi connectivity index (χ1v) is 9.25. The number of likely N-dealkylation sites (tertiary alicyclic amines) is 1. The maximum absolute atomic E-state index is 10.8. The molecule has 1 aliphatic heterocycles. The zero-order valence-corrected chi connectivity index (χ0v) is 14.6. The second-order valence-corrected chi connectivity index (χ2v) is 7.68. The molecule has 2 aromatic rings. The van der Waals surface area contributed by atoms with Crippen LogP contribution in [0.4, 0.5) is 0 Å². The number of benzene rings is 1. The Bertz CT molecular complexity index is 716. The molecule has 5 heteroatoms. The van der Waals surface area contributed by atoms with Gasteiger partial charge in [0.25, 0.3) is 0 Å². The Kier molecular flexibility index (Phi) is 4.37. The molecule has 0 bridgehead atoms. The van der Waals surface area contributed by atoms with Crippen molar-refractivity contribution in [2.24, 2.45) is 5.92 Å². The summed E-state index contributed by atoms with van der Waals surface area (Å²) in [5.74, 6) is 0.429. The lowest BCUT2D eigenvalue weighted by atomic mass is 9.71. The Morgan fingerprint density at radius 3 is 3.00 bits per heavy atom. The van der Waals surface area contributed by atoms with E-state index in [9.17, 15) is 5.11 Å². The minimum Gasteiger partial charge on any atom is -0.390 e. The summed E-state index contributed by atoms with van der Waals surface area (Å²) in [5, 5.41) is 16.0. The summed E-state index contributed by atoms with van der Waals surface area (Å²) in [6.45, 7) is 2.84. The lowest BCUT2D eigenvalue weighted by Crippen LogP contribution is -2.52. The molecule has 1 saturated carbocycles. The molecule has 1 N–H and O–H groups in total. The smallest absolute Gasteiger partial charge is 0.0831 e. The van der Waals surface area contributed by atoms with Crippen LogP contribution in [0.2, 0.25) is 5.02 Å². The van der Waals surface area contributed by atoms with Crippen molar-refractivity contribution in [3.63, 3.8) is 0 Å². The van der Waals surface area contributed by atoms with Crippen LogP contribution in [0.25, 0.3) is 5.69 Å². The van der Waals surface area contributed by atoms with E-state index in [1.807, 2.05) is 35.1 Å². The number of para-hydroxylation sites is 1. The molecule has 24 heavy (non-hydrogen) atoms. The lowest BCUT2D eigenvalue weighted by molar-refractivity contribution is -0.0967. The van der Waals surface area contributed by atoms with E-state index in [2.05, 4.69) is 16.2 Å². The zero-order chi connectivity index (χ0) is 16.6. The van der Waals surface area contributed by atoms with E-state index >= 15 is 0 Å². The lowest BCUT2D eigenvalue weighted by Gasteiger charge is -2.47. The first-order chi connectivity index (χ1) is 11.6. The molecule has 0 spiro atoms. The van der Waals surface area contributed by atoms with Gasteiger partial charge in [-0.3, -0.25) is 4.90 Å². The molecular weight excluding hydrogens is 322 g/mol. The molecule has 0 radical (unpaired) electrons. The SMILES string of the molecule is O[C@]12CCCC[C@H]1CN(Cc1cnn(-c3ccccc3Cl)c1)CC2. The normalized spacial score (nSPS) is 27.8. The molecule has 1 aromatic heterocycles. The highest BCUT2D eigenvalue weighted by molar-refractivity contribution is 6.32. The molecule has 0 unspecified atom stereocenters. The molecular formula is C19H24ClN3O. The van der Waals surface area contributed by atoms with E-state index in [1.54, 1.807) is 0 Å². The van der Waals surface area contributed by atoms with E-state index in [-0.39, 0.29) is 0 Å². The number of aromatic nitrogens is 2. The third-order valence-corrected chi connectivity index (χ3v) is 5.97. The molecule has 0 amide bonds. The highest BCUT2D eigenvalue weighted by Crippen LogP contribution is 2.40. The van der Waals surface area contributed by atoms with Gasteiger partial charge in [0.2, 0.25) is 0 Å². The van der Waals surface area contributed by atoms with Crippen LogP contribution in [0.3, 0.4) is 0 Å². The van der Waals surface area contributed by atoms with Crippen molar-refractivity contribution in [2.45, 2.75) is 44.2 Å². The summed E-state index contributed by atoms with van der Waals surface area (Å²) < 4.78 is 1.85. The summed E-state index contributed by atoms with van der Waals surface area (Å²) in [4.78, 5) is 2.46. The predicted molar refractivity (Wildman–Crippen MR) is 95.4 cm³/mol. The summed E-state index contributed by atoms with van der Waals surface area (Å²) in [7, 11) is 0. The van der Waals surface area contributed by atoms with Crippen molar-refractivity contribution in [3.8, 4) is 5.69 Å². The quantitative estimate of drug-likeness (QED) is 0.923. The van der Waals surface area contributed by atoms with Gasteiger partial charge in [-0.2, -0.15) is 5.10 Å². The van der Waals surface area contributed by atoms with Gasteiger partial charge < -0.3 is 5.11 Å². The van der Waals surface area contributed by atoms with E-state index in [4.69, 9.17) is 11.6 Å². The highest BCUT2D eigenvalue weighted by atomic mass is 35.5. The second kappa shape index (κ2) is 6.51. The standard InChI is InChI=1S/C19H24ClN3O/c20-17-6-1-2-7-18(17)23-13-15(11-21-23)12-22-10-9-19(24)8-4-3-5-16(19)14-22/h1-2,6-7,11,13,16,24H,3-5,8-10,12,14H2/t16-,19-/m0/s1. The minimum atomic E-state index is -0.406. The first kappa shape index (κ1) is 16.1. The Morgan fingerprint density at radius 1 is 1.25 bits per heavy atom. The van der Waals surface area contributed by atoms with E-state index in [0.29, 0.717) is 10.9 Å². The average Bonchev–Trinajstić information content (AvgIpc) is 3.04. The van der Waals surface area contributed by atoms with Crippen LogP contribution in [0.1, 0.15) is 37.7 Å². The minimum absolute atomic E-state index is 0.406. The molecule has 2 heterocycles. The Balaban J connectivity index is 1.44. The maximum atomic E-state index is 10.8. The van der Waals surface area contributed by atoms with Crippen molar-refractivity contribution >= 4 is 11.6 Å². The number of halogens is 1. The molecule has 1 aromatic carbocycles. The van der Waals surface area contributed by atoms with Gasteiger partial charge >= 0.3 is 0 Å². The predicted octanol–water partition coefficient (Wildman–Crippen LogP) is 3.65. The van der Waals surface area contributed by atoms with E-state index in [1.165, 1.54) is 18.4 Å². The van der Waals surface area contributed by atoms with Crippen LogP contribution in [-0.2, 0) is 6.54 Å². The summed E-state index contributed by atoms with van der Waals surface area (Å²) >= 11 is 6.25. The fraction of sp³-hybridized carbons (Fsp3) is 0.526. The summed E-state index contributed by atoms with van der Waals surface area (Å²) in [5.41, 5.74) is 1.69.